The van der Waals surface area contributed by atoms with E-state index < -0.39 is 0 Å². The number of nitrogens with zero attached hydrogens (tertiary/aromatic N) is 1. The quantitative estimate of drug-likeness (QED) is 0.657. The van der Waals surface area contributed by atoms with E-state index in [1.54, 1.807) is 7.11 Å². The average molecular weight is 173 g/mol. The molecule has 0 heterocycles. The van der Waals surface area contributed by atoms with Crippen molar-refractivity contribution < 1.29 is 4.74 Å². The highest BCUT2D eigenvalue weighted by Gasteiger charge is 1.97. The molecular weight excluding hydrogens is 162 g/mol. The van der Waals surface area contributed by atoms with Gasteiger partial charge in [-0.3, -0.25) is 0 Å². The van der Waals surface area contributed by atoms with Gasteiger partial charge in [0.25, 0.3) is 0 Å². The number of nitriles is 1. The molecule has 0 aliphatic rings. The maximum Gasteiger partial charge on any atom is 0.122 e. The molecule has 0 atom stereocenters. The number of hydrogen-bond donors (Lipinski definition) is 0. The molecule has 66 valence electrons. The van der Waals surface area contributed by atoms with Crippen molar-refractivity contribution in [1.82, 2.24) is 0 Å². The fourth-order valence-corrected chi connectivity index (χ4v) is 1.11. The minimum atomic E-state index is 0.734. The minimum Gasteiger partial charge on any atom is -0.496 e. The van der Waals surface area contributed by atoms with Gasteiger partial charge in [-0.05, 0) is 18.1 Å². The molecule has 2 nitrogen and oxygen atoms in total. The van der Waals surface area contributed by atoms with Crippen LogP contribution in [0.15, 0.2) is 36.4 Å². The lowest BCUT2D eigenvalue weighted by atomic mass is 10.1. The van der Waals surface area contributed by atoms with Gasteiger partial charge < -0.3 is 4.74 Å². The van der Waals surface area contributed by atoms with E-state index in [1.165, 1.54) is 6.08 Å². The molecule has 1 rings (SSSR count). The van der Waals surface area contributed by atoms with Crippen LogP contribution >= 0.6 is 0 Å². The molecule has 0 N–H and O–H groups in total. The fraction of sp³-hybridized carbons (Fsp3) is 0.182. The number of allylic oxidation sites excluding steroid dienone is 2. The Hall–Kier alpha value is -1.75. The van der Waals surface area contributed by atoms with E-state index in [9.17, 15) is 0 Å². The third kappa shape index (κ3) is 2.64. The molecule has 0 radical (unpaired) electrons. The van der Waals surface area contributed by atoms with Crippen molar-refractivity contribution in [3.05, 3.63) is 42.0 Å². The van der Waals surface area contributed by atoms with Crippen LogP contribution in [0.2, 0.25) is 0 Å². The Morgan fingerprint density at radius 2 is 2.23 bits per heavy atom. The molecule has 0 aromatic heterocycles. The van der Waals surface area contributed by atoms with Gasteiger partial charge in [0.05, 0.1) is 13.2 Å². The van der Waals surface area contributed by atoms with E-state index in [0.717, 1.165) is 17.7 Å². The summed E-state index contributed by atoms with van der Waals surface area (Å²) in [5.74, 6) is 0.866. The molecule has 0 bridgehead atoms. The minimum absolute atomic E-state index is 0.734. The second-order valence-electron chi connectivity index (χ2n) is 2.55. The Balaban J connectivity index is 2.76. The zero-order valence-corrected chi connectivity index (χ0v) is 7.53. The van der Waals surface area contributed by atoms with Gasteiger partial charge in [-0.2, -0.15) is 5.26 Å². The zero-order valence-electron chi connectivity index (χ0n) is 7.53. The summed E-state index contributed by atoms with van der Waals surface area (Å²) in [5, 5.41) is 8.30. The largest absolute Gasteiger partial charge is 0.496 e. The second kappa shape index (κ2) is 5.00. The number of hydrogen-bond acceptors (Lipinski definition) is 2. The van der Waals surface area contributed by atoms with Crippen molar-refractivity contribution in [2.24, 2.45) is 0 Å². The van der Waals surface area contributed by atoms with Crippen LogP contribution in [-0.4, -0.2) is 7.11 Å². The second-order valence-corrected chi connectivity index (χ2v) is 2.55. The molecule has 0 aliphatic carbocycles. The van der Waals surface area contributed by atoms with Crippen LogP contribution in [0.1, 0.15) is 5.56 Å². The van der Waals surface area contributed by atoms with Crippen molar-refractivity contribution in [2.45, 2.75) is 6.42 Å². The first-order valence-corrected chi connectivity index (χ1v) is 4.05. The van der Waals surface area contributed by atoms with Gasteiger partial charge in [0.1, 0.15) is 5.75 Å². The predicted octanol–water partition coefficient (Wildman–Crippen LogP) is 2.32. The van der Waals surface area contributed by atoms with Crippen molar-refractivity contribution in [3.63, 3.8) is 0 Å². The number of ether oxygens (including phenoxy) is 1. The number of rotatable bonds is 3. The highest BCUT2D eigenvalue weighted by atomic mass is 16.5. The molecule has 0 spiro atoms. The normalized spacial score (nSPS) is 9.85. The molecule has 2 heteroatoms. The summed E-state index contributed by atoms with van der Waals surface area (Å²) in [5.41, 5.74) is 1.09. The van der Waals surface area contributed by atoms with Crippen molar-refractivity contribution >= 4 is 0 Å². The highest BCUT2D eigenvalue weighted by Crippen LogP contribution is 2.17. The molecule has 0 saturated heterocycles. The number of methoxy groups -OCH3 is 1. The van der Waals surface area contributed by atoms with Gasteiger partial charge in [-0.1, -0.05) is 24.3 Å². The summed E-state index contributed by atoms with van der Waals surface area (Å²) in [4.78, 5) is 0. The van der Waals surface area contributed by atoms with E-state index in [-0.39, 0.29) is 0 Å². The van der Waals surface area contributed by atoms with E-state index >= 15 is 0 Å². The molecule has 0 aliphatic heterocycles. The van der Waals surface area contributed by atoms with Gasteiger partial charge in [0, 0.05) is 6.08 Å². The number of benzene rings is 1. The maximum absolute atomic E-state index is 8.30. The van der Waals surface area contributed by atoms with Crippen LogP contribution in [-0.2, 0) is 6.42 Å². The molecule has 0 amide bonds. The van der Waals surface area contributed by atoms with Gasteiger partial charge in [0.15, 0.2) is 0 Å². The third-order valence-corrected chi connectivity index (χ3v) is 1.72. The highest BCUT2D eigenvalue weighted by molar-refractivity contribution is 5.34. The average Bonchev–Trinajstić information content (AvgIpc) is 2.19. The zero-order chi connectivity index (χ0) is 9.52. The SMILES string of the molecule is COc1ccccc1C/C=C\C#N. The molecule has 1 aromatic carbocycles. The lowest BCUT2D eigenvalue weighted by molar-refractivity contribution is 0.410. The van der Waals surface area contributed by atoms with Gasteiger partial charge in [-0.25, -0.2) is 0 Å². The van der Waals surface area contributed by atoms with Crippen molar-refractivity contribution in [3.8, 4) is 11.8 Å². The van der Waals surface area contributed by atoms with Crippen LogP contribution in [0.5, 0.6) is 5.75 Å². The standard InChI is InChI=1S/C11H11NO/c1-13-11-8-3-2-6-10(11)7-4-5-9-12/h2-6,8H,7H2,1H3/b5-4-. The predicted molar refractivity (Wildman–Crippen MR) is 51.5 cm³/mol. The van der Waals surface area contributed by atoms with E-state index in [0.29, 0.717) is 0 Å². The van der Waals surface area contributed by atoms with Crippen molar-refractivity contribution in [1.29, 1.82) is 5.26 Å². The molecule has 1 aromatic rings. The lowest BCUT2D eigenvalue weighted by Crippen LogP contribution is -1.89. The van der Waals surface area contributed by atoms with Crippen LogP contribution in [0.3, 0.4) is 0 Å². The van der Waals surface area contributed by atoms with E-state index in [4.69, 9.17) is 10.00 Å². The molecule has 13 heavy (non-hydrogen) atoms. The van der Waals surface area contributed by atoms with Crippen LogP contribution < -0.4 is 4.74 Å². The number of para-hydroxylation sites is 1. The summed E-state index contributed by atoms with van der Waals surface area (Å²) in [7, 11) is 1.65. The van der Waals surface area contributed by atoms with Crippen LogP contribution in [0, 0.1) is 11.3 Å². The van der Waals surface area contributed by atoms with E-state index in [1.807, 2.05) is 36.4 Å². The first kappa shape index (κ1) is 9.34. The third-order valence-electron chi connectivity index (χ3n) is 1.72. The Bertz CT molecular complexity index is 336. The Morgan fingerprint density at radius 1 is 1.46 bits per heavy atom. The summed E-state index contributed by atoms with van der Waals surface area (Å²) >= 11 is 0. The van der Waals surface area contributed by atoms with Gasteiger partial charge in [0.2, 0.25) is 0 Å². The lowest BCUT2D eigenvalue weighted by Gasteiger charge is -2.04. The van der Waals surface area contributed by atoms with Gasteiger partial charge >= 0.3 is 0 Å². The van der Waals surface area contributed by atoms with Crippen LogP contribution in [0.25, 0.3) is 0 Å². The Morgan fingerprint density at radius 3 is 2.92 bits per heavy atom. The summed E-state index contributed by atoms with van der Waals surface area (Å²) in [6, 6.07) is 9.74. The smallest absolute Gasteiger partial charge is 0.122 e. The topological polar surface area (TPSA) is 33.0 Å². The molecule has 0 fully saturated rings. The van der Waals surface area contributed by atoms with Crippen molar-refractivity contribution in [2.75, 3.05) is 7.11 Å². The monoisotopic (exact) mass is 173 g/mol. The Kier molecular flexibility index (Phi) is 3.59. The van der Waals surface area contributed by atoms with Gasteiger partial charge in [-0.15, -0.1) is 0 Å². The van der Waals surface area contributed by atoms with E-state index in [2.05, 4.69) is 0 Å². The summed E-state index contributed by atoms with van der Waals surface area (Å²) in [6.07, 6.45) is 4.03. The molecular formula is C11H11NO. The molecule has 0 saturated carbocycles. The maximum atomic E-state index is 8.30. The summed E-state index contributed by atoms with van der Waals surface area (Å²) in [6.45, 7) is 0. The first-order valence-electron chi connectivity index (χ1n) is 4.05. The van der Waals surface area contributed by atoms with Crippen LogP contribution in [0.4, 0.5) is 0 Å². The fourth-order valence-electron chi connectivity index (χ4n) is 1.11. The summed E-state index contributed by atoms with van der Waals surface area (Å²) < 4.78 is 5.16. The first-order chi connectivity index (χ1) is 6.38. The molecule has 0 unspecified atom stereocenters. The Labute approximate surface area is 78.1 Å².